The highest BCUT2D eigenvalue weighted by atomic mass is 16.2. The summed E-state index contributed by atoms with van der Waals surface area (Å²) in [6, 6.07) is 9.92. The second-order valence-electron chi connectivity index (χ2n) is 6.81. The molecule has 1 aliphatic carbocycles. The highest BCUT2D eigenvalue weighted by Crippen LogP contribution is 2.39. The molecule has 0 spiro atoms. The number of carbonyl (C=O) groups is 2. The first kappa shape index (κ1) is 15.1. The normalized spacial score (nSPS) is 23.6. The minimum absolute atomic E-state index is 0.0640. The highest BCUT2D eigenvalue weighted by Gasteiger charge is 2.49. The average molecular weight is 323 g/mol. The maximum absolute atomic E-state index is 12.6. The Kier molecular flexibility index (Phi) is 3.71. The minimum Gasteiger partial charge on any atom is -0.274 e. The number of aryl methyl sites for hydroxylation is 1. The van der Waals surface area contributed by atoms with Crippen LogP contribution >= 0.6 is 0 Å². The van der Waals surface area contributed by atoms with Crippen LogP contribution in [0.5, 0.6) is 0 Å². The lowest BCUT2D eigenvalue weighted by atomic mass is 9.81. The molecule has 2 aromatic rings. The van der Waals surface area contributed by atoms with Gasteiger partial charge in [-0.2, -0.15) is 5.10 Å². The van der Waals surface area contributed by atoms with Gasteiger partial charge in [-0.25, -0.2) is 4.90 Å². The summed E-state index contributed by atoms with van der Waals surface area (Å²) in [7, 11) is 0. The van der Waals surface area contributed by atoms with Gasteiger partial charge >= 0.3 is 0 Å². The second-order valence-corrected chi connectivity index (χ2v) is 6.81. The number of amides is 2. The lowest BCUT2D eigenvalue weighted by Gasteiger charge is -2.19. The minimum atomic E-state index is -0.132. The molecule has 5 nitrogen and oxygen atoms in total. The van der Waals surface area contributed by atoms with Gasteiger partial charge in [0.2, 0.25) is 11.8 Å². The van der Waals surface area contributed by atoms with Crippen molar-refractivity contribution in [1.82, 2.24) is 9.78 Å². The second kappa shape index (κ2) is 5.89. The van der Waals surface area contributed by atoms with Crippen molar-refractivity contribution in [1.29, 1.82) is 0 Å². The van der Waals surface area contributed by atoms with Gasteiger partial charge in [0, 0.05) is 12.3 Å². The Balaban J connectivity index is 1.57. The molecule has 0 radical (unpaired) electrons. The highest BCUT2D eigenvalue weighted by molar-refractivity contribution is 6.21. The van der Waals surface area contributed by atoms with Crippen molar-refractivity contribution in [3.8, 4) is 0 Å². The number of hydrogen-bond donors (Lipinski definition) is 0. The zero-order chi connectivity index (χ0) is 16.7. The first-order valence-electron chi connectivity index (χ1n) is 8.61. The van der Waals surface area contributed by atoms with Gasteiger partial charge in [-0.1, -0.05) is 37.1 Å². The summed E-state index contributed by atoms with van der Waals surface area (Å²) in [5, 5.41) is 4.49. The molecule has 2 aliphatic rings. The SMILES string of the molecule is Cc1ccccc1Cn1ccc(N2C(=O)[C@H]3CCCC[C@H]3C2=O)n1. The summed E-state index contributed by atoms with van der Waals surface area (Å²) in [4.78, 5) is 26.6. The van der Waals surface area contributed by atoms with E-state index < -0.39 is 0 Å². The smallest absolute Gasteiger partial charge is 0.238 e. The van der Waals surface area contributed by atoms with Gasteiger partial charge in [0.25, 0.3) is 0 Å². The van der Waals surface area contributed by atoms with E-state index in [1.807, 2.05) is 18.3 Å². The van der Waals surface area contributed by atoms with Crippen molar-refractivity contribution < 1.29 is 9.59 Å². The molecule has 0 N–H and O–H groups in total. The molecule has 0 unspecified atom stereocenters. The summed E-state index contributed by atoms with van der Waals surface area (Å²) in [6.45, 7) is 2.70. The third-order valence-electron chi connectivity index (χ3n) is 5.29. The molecule has 0 bridgehead atoms. The zero-order valence-electron chi connectivity index (χ0n) is 13.8. The van der Waals surface area contributed by atoms with E-state index in [0.717, 1.165) is 25.7 Å². The largest absolute Gasteiger partial charge is 0.274 e. The predicted octanol–water partition coefficient (Wildman–Crippen LogP) is 2.92. The van der Waals surface area contributed by atoms with E-state index in [2.05, 4.69) is 24.2 Å². The number of aromatic nitrogens is 2. The number of anilines is 1. The lowest BCUT2D eigenvalue weighted by molar-refractivity contribution is -0.122. The van der Waals surface area contributed by atoms with Crippen molar-refractivity contribution in [3.05, 3.63) is 47.7 Å². The topological polar surface area (TPSA) is 55.2 Å². The molecular formula is C19H21N3O2. The molecule has 2 fully saturated rings. The number of nitrogens with zero attached hydrogens (tertiary/aromatic N) is 3. The van der Waals surface area contributed by atoms with E-state index in [9.17, 15) is 9.59 Å². The maximum atomic E-state index is 12.6. The lowest BCUT2D eigenvalue weighted by Crippen LogP contribution is -2.31. The van der Waals surface area contributed by atoms with Crippen LogP contribution in [0, 0.1) is 18.8 Å². The monoisotopic (exact) mass is 323 g/mol. The van der Waals surface area contributed by atoms with Crippen LogP contribution in [-0.2, 0) is 16.1 Å². The summed E-state index contributed by atoms with van der Waals surface area (Å²) >= 11 is 0. The number of rotatable bonds is 3. The third-order valence-corrected chi connectivity index (χ3v) is 5.29. The van der Waals surface area contributed by atoms with Crippen LogP contribution in [0.15, 0.2) is 36.5 Å². The van der Waals surface area contributed by atoms with Crippen molar-refractivity contribution in [2.45, 2.75) is 39.2 Å². The number of fused-ring (bicyclic) bond motifs is 1. The van der Waals surface area contributed by atoms with E-state index in [-0.39, 0.29) is 23.7 Å². The molecule has 1 aromatic heterocycles. The van der Waals surface area contributed by atoms with Crippen molar-refractivity contribution >= 4 is 17.6 Å². The summed E-state index contributed by atoms with van der Waals surface area (Å²) in [5.41, 5.74) is 2.38. The summed E-state index contributed by atoms with van der Waals surface area (Å²) < 4.78 is 1.79. The Morgan fingerprint density at radius 3 is 2.38 bits per heavy atom. The van der Waals surface area contributed by atoms with Crippen LogP contribution in [-0.4, -0.2) is 21.6 Å². The molecule has 2 heterocycles. The fourth-order valence-corrected chi connectivity index (χ4v) is 3.91. The number of imide groups is 1. The van der Waals surface area contributed by atoms with Crippen LogP contribution < -0.4 is 4.90 Å². The van der Waals surface area contributed by atoms with E-state index in [1.54, 1.807) is 10.7 Å². The summed E-state index contributed by atoms with van der Waals surface area (Å²) in [6.07, 6.45) is 5.57. The van der Waals surface area contributed by atoms with Gasteiger partial charge < -0.3 is 0 Å². The quantitative estimate of drug-likeness (QED) is 0.816. The maximum Gasteiger partial charge on any atom is 0.238 e. The molecule has 2 atom stereocenters. The molecule has 124 valence electrons. The molecule has 4 rings (SSSR count). The van der Waals surface area contributed by atoms with Crippen LogP contribution in [0.2, 0.25) is 0 Å². The fraction of sp³-hybridized carbons (Fsp3) is 0.421. The Bertz CT molecular complexity index is 771. The molecule has 1 aromatic carbocycles. The molecular weight excluding hydrogens is 302 g/mol. The van der Waals surface area contributed by atoms with Crippen molar-refractivity contribution in [2.24, 2.45) is 11.8 Å². The van der Waals surface area contributed by atoms with Crippen molar-refractivity contribution in [2.75, 3.05) is 4.90 Å². The molecule has 24 heavy (non-hydrogen) atoms. The van der Waals surface area contributed by atoms with Gasteiger partial charge in [-0.15, -0.1) is 0 Å². The molecule has 2 amide bonds. The van der Waals surface area contributed by atoms with Gasteiger partial charge in [0.15, 0.2) is 5.82 Å². The number of benzene rings is 1. The predicted molar refractivity (Wildman–Crippen MR) is 90.4 cm³/mol. The van der Waals surface area contributed by atoms with Gasteiger partial charge in [0.05, 0.1) is 18.4 Å². The Morgan fingerprint density at radius 2 is 1.71 bits per heavy atom. The Labute approximate surface area is 141 Å². The average Bonchev–Trinajstić information content (AvgIpc) is 3.14. The zero-order valence-corrected chi connectivity index (χ0v) is 13.8. The number of hydrogen-bond acceptors (Lipinski definition) is 3. The van der Waals surface area contributed by atoms with Crippen LogP contribution in [0.25, 0.3) is 0 Å². The molecule has 1 aliphatic heterocycles. The molecule has 1 saturated carbocycles. The van der Waals surface area contributed by atoms with Crippen LogP contribution in [0.3, 0.4) is 0 Å². The van der Waals surface area contributed by atoms with Gasteiger partial charge in [-0.05, 0) is 30.9 Å². The van der Waals surface area contributed by atoms with Crippen molar-refractivity contribution in [3.63, 3.8) is 0 Å². The van der Waals surface area contributed by atoms with E-state index in [1.165, 1.54) is 16.0 Å². The van der Waals surface area contributed by atoms with E-state index >= 15 is 0 Å². The number of carbonyl (C=O) groups excluding carboxylic acids is 2. The van der Waals surface area contributed by atoms with E-state index in [4.69, 9.17) is 0 Å². The fourth-order valence-electron chi connectivity index (χ4n) is 3.91. The Hall–Kier alpha value is -2.43. The summed E-state index contributed by atoms with van der Waals surface area (Å²) in [5.74, 6) is 0.0743. The van der Waals surface area contributed by atoms with Crippen LogP contribution in [0.1, 0.15) is 36.8 Å². The standard InChI is InChI=1S/C19H21N3O2/c1-13-6-2-3-7-14(13)12-21-11-10-17(20-21)22-18(23)15-8-4-5-9-16(15)19(22)24/h2-3,6-7,10-11,15-16H,4-5,8-9,12H2,1H3/t15-,16+. The van der Waals surface area contributed by atoms with Crippen LogP contribution in [0.4, 0.5) is 5.82 Å². The molecule has 5 heteroatoms. The first-order chi connectivity index (χ1) is 11.6. The first-order valence-corrected chi connectivity index (χ1v) is 8.61. The van der Waals surface area contributed by atoms with Gasteiger partial charge in [-0.3, -0.25) is 14.3 Å². The third kappa shape index (κ3) is 2.44. The van der Waals surface area contributed by atoms with Gasteiger partial charge in [0.1, 0.15) is 0 Å². The Morgan fingerprint density at radius 1 is 1.04 bits per heavy atom. The van der Waals surface area contributed by atoms with E-state index in [0.29, 0.717) is 12.4 Å². The molecule has 1 saturated heterocycles.